The van der Waals surface area contributed by atoms with E-state index >= 15 is 0 Å². The van der Waals surface area contributed by atoms with E-state index in [9.17, 15) is 17.6 Å². The van der Waals surface area contributed by atoms with Crippen LogP contribution in [0.15, 0.2) is 53.4 Å². The third kappa shape index (κ3) is 2.94. The van der Waals surface area contributed by atoms with E-state index in [1.807, 2.05) is 4.72 Å². The molecule has 3 N–H and O–H groups in total. The van der Waals surface area contributed by atoms with Crippen LogP contribution in [-0.2, 0) is 10.0 Å². The van der Waals surface area contributed by atoms with E-state index in [-0.39, 0.29) is 16.1 Å². The molecule has 104 valence electrons. The second-order valence-electron chi connectivity index (χ2n) is 3.98. The number of hydrogen-bond donors (Lipinski definition) is 2. The zero-order valence-electron chi connectivity index (χ0n) is 10.2. The Morgan fingerprint density at radius 1 is 1.10 bits per heavy atom. The molecule has 0 radical (unpaired) electrons. The van der Waals surface area contributed by atoms with Crippen molar-refractivity contribution in [2.75, 3.05) is 5.73 Å². The van der Waals surface area contributed by atoms with E-state index in [2.05, 4.69) is 0 Å². The smallest absolute Gasteiger partial charge is 0.267 e. The highest BCUT2D eigenvalue weighted by molar-refractivity contribution is 7.90. The lowest BCUT2D eigenvalue weighted by atomic mass is 10.2. The lowest BCUT2D eigenvalue weighted by Crippen LogP contribution is -2.31. The Kier molecular flexibility index (Phi) is 3.71. The largest absolute Gasteiger partial charge is 0.398 e. The molecule has 0 aliphatic heterocycles. The molecule has 0 atom stereocenters. The number of carbonyl (C=O) groups is 1. The van der Waals surface area contributed by atoms with Crippen LogP contribution in [0.25, 0.3) is 0 Å². The number of anilines is 1. The third-order valence-electron chi connectivity index (χ3n) is 2.54. The van der Waals surface area contributed by atoms with Gasteiger partial charge in [-0.2, -0.15) is 0 Å². The van der Waals surface area contributed by atoms with Gasteiger partial charge in [0.25, 0.3) is 15.9 Å². The summed E-state index contributed by atoms with van der Waals surface area (Å²) < 4.78 is 38.8. The predicted octanol–water partition coefficient (Wildman–Crippen LogP) is 1.53. The average Bonchev–Trinajstić information content (AvgIpc) is 2.42. The molecule has 7 heteroatoms. The quantitative estimate of drug-likeness (QED) is 0.840. The minimum atomic E-state index is -4.01. The summed E-state index contributed by atoms with van der Waals surface area (Å²) in [7, 11) is -4.01. The van der Waals surface area contributed by atoms with Crippen molar-refractivity contribution >= 4 is 21.6 Å². The standard InChI is InChI=1S/C13H11FN2O3S/c14-9-6-7-12(15)11(8-9)13(17)16-20(18,19)10-4-2-1-3-5-10/h1-8H,15H2,(H,16,17). The summed E-state index contributed by atoms with van der Waals surface area (Å²) in [6, 6.07) is 10.5. The Labute approximate surface area is 115 Å². The van der Waals surface area contributed by atoms with Crippen LogP contribution in [0.4, 0.5) is 10.1 Å². The first-order valence-corrected chi connectivity index (χ1v) is 7.06. The van der Waals surface area contributed by atoms with Gasteiger partial charge in [-0.1, -0.05) is 18.2 Å². The minimum absolute atomic E-state index is 0.00726. The van der Waals surface area contributed by atoms with Crippen molar-refractivity contribution in [2.45, 2.75) is 4.90 Å². The lowest BCUT2D eigenvalue weighted by Gasteiger charge is -2.08. The fraction of sp³-hybridized carbons (Fsp3) is 0. The number of benzene rings is 2. The summed E-state index contributed by atoms with van der Waals surface area (Å²) in [5, 5.41) is 0. The SMILES string of the molecule is Nc1ccc(F)cc1C(=O)NS(=O)(=O)c1ccccc1. The van der Waals surface area contributed by atoms with Gasteiger partial charge in [-0.15, -0.1) is 0 Å². The average molecular weight is 294 g/mol. The normalized spacial score (nSPS) is 11.1. The van der Waals surface area contributed by atoms with Crippen LogP contribution in [0.3, 0.4) is 0 Å². The summed E-state index contributed by atoms with van der Waals surface area (Å²) >= 11 is 0. The van der Waals surface area contributed by atoms with Crippen molar-refractivity contribution in [1.29, 1.82) is 0 Å². The highest BCUT2D eigenvalue weighted by Gasteiger charge is 2.20. The van der Waals surface area contributed by atoms with Crippen LogP contribution in [0.1, 0.15) is 10.4 Å². The van der Waals surface area contributed by atoms with Crippen LogP contribution in [0, 0.1) is 5.82 Å². The predicted molar refractivity (Wildman–Crippen MR) is 71.9 cm³/mol. The summed E-state index contributed by atoms with van der Waals surface area (Å²) in [6.45, 7) is 0. The Bertz CT molecular complexity index is 745. The first kappa shape index (κ1) is 14.0. The van der Waals surface area contributed by atoms with Crippen LogP contribution >= 0.6 is 0 Å². The maximum Gasteiger partial charge on any atom is 0.267 e. The van der Waals surface area contributed by atoms with Crippen LogP contribution in [-0.4, -0.2) is 14.3 Å². The molecule has 0 saturated heterocycles. The van der Waals surface area contributed by atoms with Crippen molar-refractivity contribution in [3.63, 3.8) is 0 Å². The summed E-state index contributed by atoms with van der Waals surface area (Å²) in [4.78, 5) is 11.8. The molecule has 0 fully saturated rings. The molecule has 2 aromatic carbocycles. The minimum Gasteiger partial charge on any atom is -0.398 e. The molecule has 0 aliphatic rings. The number of rotatable bonds is 3. The molecular formula is C13H11FN2O3S. The van der Waals surface area contributed by atoms with Gasteiger partial charge in [0.05, 0.1) is 10.5 Å². The number of halogens is 1. The van der Waals surface area contributed by atoms with Gasteiger partial charge in [-0.3, -0.25) is 4.79 Å². The van der Waals surface area contributed by atoms with E-state index in [0.29, 0.717) is 0 Å². The van der Waals surface area contributed by atoms with Gasteiger partial charge in [-0.25, -0.2) is 17.5 Å². The fourth-order valence-electron chi connectivity index (χ4n) is 1.56. The topological polar surface area (TPSA) is 89.3 Å². The summed E-state index contributed by atoms with van der Waals surface area (Å²) in [5.41, 5.74) is 5.29. The van der Waals surface area contributed by atoms with Crippen LogP contribution in [0.5, 0.6) is 0 Å². The Balaban J connectivity index is 2.30. The van der Waals surface area contributed by atoms with Crippen molar-refractivity contribution in [3.05, 3.63) is 59.9 Å². The van der Waals surface area contributed by atoms with Gasteiger partial charge in [0.2, 0.25) is 0 Å². The van der Waals surface area contributed by atoms with E-state index in [1.54, 1.807) is 6.07 Å². The number of nitrogen functional groups attached to an aromatic ring is 1. The molecule has 1 amide bonds. The first-order chi connectivity index (χ1) is 9.40. The molecule has 0 unspecified atom stereocenters. The Hall–Kier alpha value is -2.41. The van der Waals surface area contributed by atoms with Gasteiger partial charge < -0.3 is 5.73 Å². The number of nitrogens with two attached hydrogens (primary N) is 1. The second-order valence-corrected chi connectivity index (χ2v) is 5.66. The second kappa shape index (κ2) is 5.30. The van der Waals surface area contributed by atoms with Gasteiger partial charge in [0, 0.05) is 5.69 Å². The summed E-state index contributed by atoms with van der Waals surface area (Å²) in [5.74, 6) is -1.66. The highest BCUT2D eigenvalue weighted by atomic mass is 32.2. The van der Waals surface area contributed by atoms with Crippen molar-refractivity contribution in [2.24, 2.45) is 0 Å². The molecule has 0 aromatic heterocycles. The van der Waals surface area contributed by atoms with E-state index in [4.69, 9.17) is 5.73 Å². The van der Waals surface area contributed by atoms with E-state index in [0.717, 1.165) is 12.1 Å². The van der Waals surface area contributed by atoms with Gasteiger partial charge in [-0.05, 0) is 30.3 Å². The van der Waals surface area contributed by atoms with Crippen molar-refractivity contribution in [1.82, 2.24) is 4.72 Å². The van der Waals surface area contributed by atoms with E-state index < -0.39 is 21.7 Å². The number of sulfonamides is 1. The Morgan fingerprint density at radius 3 is 2.40 bits per heavy atom. The highest BCUT2D eigenvalue weighted by Crippen LogP contribution is 2.15. The fourth-order valence-corrected chi connectivity index (χ4v) is 2.55. The first-order valence-electron chi connectivity index (χ1n) is 5.57. The molecule has 0 bridgehead atoms. The maximum atomic E-state index is 13.1. The maximum absolute atomic E-state index is 13.1. The van der Waals surface area contributed by atoms with Crippen LogP contribution < -0.4 is 10.5 Å². The van der Waals surface area contributed by atoms with Crippen molar-refractivity contribution < 1.29 is 17.6 Å². The number of hydrogen-bond acceptors (Lipinski definition) is 4. The monoisotopic (exact) mass is 294 g/mol. The molecule has 20 heavy (non-hydrogen) atoms. The van der Waals surface area contributed by atoms with Gasteiger partial charge >= 0.3 is 0 Å². The molecule has 2 rings (SSSR count). The number of amides is 1. The van der Waals surface area contributed by atoms with Crippen molar-refractivity contribution in [3.8, 4) is 0 Å². The van der Waals surface area contributed by atoms with E-state index in [1.165, 1.54) is 30.3 Å². The summed E-state index contributed by atoms with van der Waals surface area (Å²) in [6.07, 6.45) is 0. The third-order valence-corrected chi connectivity index (χ3v) is 3.89. The lowest BCUT2D eigenvalue weighted by molar-refractivity contribution is 0.0982. The molecule has 0 saturated carbocycles. The molecular weight excluding hydrogens is 283 g/mol. The van der Waals surface area contributed by atoms with Gasteiger partial charge in [0.1, 0.15) is 5.82 Å². The molecule has 2 aromatic rings. The zero-order valence-corrected chi connectivity index (χ0v) is 11.0. The molecule has 0 aliphatic carbocycles. The number of nitrogens with one attached hydrogen (secondary N) is 1. The number of carbonyl (C=O) groups excluding carboxylic acids is 1. The Morgan fingerprint density at radius 2 is 1.75 bits per heavy atom. The molecule has 0 spiro atoms. The van der Waals surface area contributed by atoms with Crippen LogP contribution in [0.2, 0.25) is 0 Å². The molecule has 0 heterocycles. The van der Waals surface area contributed by atoms with Gasteiger partial charge in [0.15, 0.2) is 0 Å². The zero-order chi connectivity index (χ0) is 14.8. The molecule has 5 nitrogen and oxygen atoms in total.